The minimum atomic E-state index is -0.132. The summed E-state index contributed by atoms with van der Waals surface area (Å²) in [6.45, 7) is 0. The van der Waals surface area contributed by atoms with Crippen LogP contribution >= 0.6 is 0 Å². The fourth-order valence-corrected chi connectivity index (χ4v) is 1.60. The van der Waals surface area contributed by atoms with Gasteiger partial charge in [0.05, 0.1) is 7.11 Å². The Labute approximate surface area is 99.2 Å². The van der Waals surface area contributed by atoms with E-state index in [0.717, 1.165) is 11.6 Å². The Morgan fingerprint density at radius 2 is 1.38 bits per heavy atom. The molecule has 0 spiro atoms. The Balaban J connectivity index is 5.40. The van der Waals surface area contributed by atoms with Gasteiger partial charge >= 0.3 is 0 Å². The molecule has 0 N–H and O–H groups in total. The molecule has 0 aliphatic heterocycles. The van der Waals surface area contributed by atoms with Crippen molar-refractivity contribution >= 4 is 0 Å². The molecule has 0 aromatic carbocycles. The molecule has 0 amide bonds. The lowest BCUT2D eigenvalue weighted by Crippen LogP contribution is -2.39. The van der Waals surface area contributed by atoms with E-state index >= 15 is 0 Å². The normalized spacial score (nSPS) is 14.6. The molecular weight excluding hydrogens is 206 g/mol. The van der Waals surface area contributed by atoms with Crippen LogP contribution < -0.4 is 0 Å². The summed E-state index contributed by atoms with van der Waals surface area (Å²) in [7, 11) is 15.2. The van der Waals surface area contributed by atoms with Gasteiger partial charge in [-0.05, 0) is 14.1 Å². The van der Waals surface area contributed by atoms with Gasteiger partial charge in [0.1, 0.15) is 5.70 Å². The van der Waals surface area contributed by atoms with Gasteiger partial charge in [-0.15, -0.1) is 0 Å². The number of hydrogen-bond donors (Lipinski definition) is 0. The van der Waals surface area contributed by atoms with Crippen LogP contribution in [0, 0.1) is 0 Å². The number of methoxy groups -OCH3 is 2. The number of hydrogen-bond acceptors (Lipinski definition) is 5. The third-order valence-corrected chi connectivity index (χ3v) is 2.23. The van der Waals surface area contributed by atoms with Gasteiger partial charge in [-0.3, -0.25) is 4.90 Å². The molecule has 0 fully saturated rings. The van der Waals surface area contributed by atoms with Crippen LogP contribution in [-0.2, 0) is 9.47 Å². The molecule has 0 bridgehead atoms. The molecule has 5 heteroatoms. The standard InChI is InChI=1S/C11H25N3O2/c1-12(2)9(10(15-7)13(3)4)11(16-8)14(5)6/h10H,1-8H3. The second-order valence-corrected chi connectivity index (χ2v) is 4.24. The fourth-order valence-electron chi connectivity index (χ4n) is 1.60. The van der Waals surface area contributed by atoms with Gasteiger partial charge in [0, 0.05) is 35.3 Å². The van der Waals surface area contributed by atoms with Gasteiger partial charge in [0.25, 0.3) is 0 Å². The number of likely N-dealkylation sites (N-methyl/N-ethyl adjacent to an activating group) is 2. The molecule has 0 aromatic heterocycles. The number of ether oxygens (including phenoxy) is 2. The monoisotopic (exact) mass is 231 g/mol. The topological polar surface area (TPSA) is 28.2 Å². The van der Waals surface area contributed by atoms with Gasteiger partial charge in [-0.2, -0.15) is 0 Å². The first kappa shape index (κ1) is 15.1. The van der Waals surface area contributed by atoms with E-state index in [9.17, 15) is 0 Å². The Morgan fingerprint density at radius 3 is 1.56 bits per heavy atom. The quantitative estimate of drug-likeness (QED) is 0.489. The van der Waals surface area contributed by atoms with E-state index in [2.05, 4.69) is 0 Å². The molecule has 0 aliphatic rings. The summed E-state index contributed by atoms with van der Waals surface area (Å²) in [5.41, 5.74) is 0.986. The summed E-state index contributed by atoms with van der Waals surface area (Å²) in [6, 6.07) is 0. The lowest BCUT2D eigenvalue weighted by Gasteiger charge is -2.33. The first-order valence-electron chi connectivity index (χ1n) is 5.18. The van der Waals surface area contributed by atoms with Crippen molar-refractivity contribution in [1.29, 1.82) is 0 Å². The molecule has 0 saturated carbocycles. The van der Waals surface area contributed by atoms with Crippen LogP contribution in [0.4, 0.5) is 0 Å². The van der Waals surface area contributed by atoms with E-state index in [1.54, 1.807) is 14.2 Å². The summed E-state index contributed by atoms with van der Waals surface area (Å²) in [6.07, 6.45) is -0.132. The van der Waals surface area contributed by atoms with Crippen LogP contribution in [0.1, 0.15) is 0 Å². The molecule has 0 aliphatic carbocycles. The lowest BCUT2D eigenvalue weighted by atomic mass is 10.3. The smallest absolute Gasteiger partial charge is 0.212 e. The first-order valence-corrected chi connectivity index (χ1v) is 5.18. The molecule has 96 valence electrons. The van der Waals surface area contributed by atoms with E-state index in [1.165, 1.54) is 0 Å². The summed E-state index contributed by atoms with van der Waals surface area (Å²) in [4.78, 5) is 5.94. The third kappa shape index (κ3) is 3.57. The van der Waals surface area contributed by atoms with E-state index in [-0.39, 0.29) is 6.23 Å². The zero-order valence-electron chi connectivity index (χ0n) is 11.7. The Morgan fingerprint density at radius 1 is 0.875 bits per heavy atom. The molecular formula is C11H25N3O2. The maximum absolute atomic E-state index is 5.49. The summed E-state index contributed by atoms with van der Waals surface area (Å²) in [5.74, 6) is 0.797. The fraction of sp³-hybridized carbons (Fsp3) is 0.818. The average molecular weight is 231 g/mol. The molecule has 0 saturated heterocycles. The van der Waals surface area contributed by atoms with Gasteiger partial charge in [0.2, 0.25) is 5.88 Å². The van der Waals surface area contributed by atoms with Crippen LogP contribution in [0.5, 0.6) is 0 Å². The summed E-state index contributed by atoms with van der Waals surface area (Å²) < 4.78 is 10.9. The Bertz CT molecular complexity index is 237. The Kier molecular flexibility index (Phi) is 6.21. The average Bonchev–Trinajstić information content (AvgIpc) is 2.16. The minimum Gasteiger partial charge on any atom is -0.481 e. The molecule has 0 rings (SSSR count). The molecule has 0 radical (unpaired) electrons. The molecule has 1 atom stereocenters. The molecule has 0 heterocycles. The van der Waals surface area contributed by atoms with E-state index < -0.39 is 0 Å². The molecule has 0 aromatic rings. The van der Waals surface area contributed by atoms with Crippen molar-refractivity contribution in [3.63, 3.8) is 0 Å². The second-order valence-electron chi connectivity index (χ2n) is 4.24. The van der Waals surface area contributed by atoms with Crippen LogP contribution in [0.25, 0.3) is 0 Å². The second kappa shape index (κ2) is 6.60. The predicted molar refractivity (Wildman–Crippen MR) is 65.9 cm³/mol. The highest BCUT2D eigenvalue weighted by Gasteiger charge is 2.24. The number of nitrogens with zero attached hydrogens (tertiary/aromatic N) is 3. The summed E-state index contributed by atoms with van der Waals surface area (Å²) >= 11 is 0. The van der Waals surface area contributed by atoms with Gasteiger partial charge in [-0.1, -0.05) is 0 Å². The highest BCUT2D eigenvalue weighted by Crippen LogP contribution is 2.18. The zero-order valence-corrected chi connectivity index (χ0v) is 11.7. The number of rotatable bonds is 6. The molecule has 16 heavy (non-hydrogen) atoms. The highest BCUT2D eigenvalue weighted by atomic mass is 16.5. The molecule has 5 nitrogen and oxygen atoms in total. The van der Waals surface area contributed by atoms with Crippen molar-refractivity contribution in [2.24, 2.45) is 0 Å². The van der Waals surface area contributed by atoms with Crippen molar-refractivity contribution in [3.8, 4) is 0 Å². The van der Waals surface area contributed by atoms with Crippen molar-refractivity contribution in [2.75, 3.05) is 56.5 Å². The van der Waals surface area contributed by atoms with Crippen molar-refractivity contribution in [2.45, 2.75) is 6.23 Å². The SMILES string of the molecule is COC(=C(C(OC)N(C)C)N(C)C)N(C)C. The molecule has 1 unspecified atom stereocenters. The maximum atomic E-state index is 5.49. The van der Waals surface area contributed by atoms with Gasteiger partial charge in [0.15, 0.2) is 6.23 Å². The van der Waals surface area contributed by atoms with Crippen LogP contribution in [0.3, 0.4) is 0 Å². The minimum absolute atomic E-state index is 0.132. The third-order valence-electron chi connectivity index (χ3n) is 2.23. The Hall–Kier alpha value is -0.940. The van der Waals surface area contributed by atoms with Gasteiger partial charge in [-0.25, -0.2) is 0 Å². The van der Waals surface area contributed by atoms with Crippen molar-refractivity contribution < 1.29 is 9.47 Å². The maximum Gasteiger partial charge on any atom is 0.212 e. The predicted octanol–water partition coefficient (Wildman–Crippen LogP) is 0.459. The highest BCUT2D eigenvalue weighted by molar-refractivity contribution is 5.10. The van der Waals surface area contributed by atoms with E-state index in [0.29, 0.717) is 0 Å². The zero-order chi connectivity index (χ0) is 12.9. The van der Waals surface area contributed by atoms with Crippen molar-refractivity contribution in [1.82, 2.24) is 14.7 Å². The van der Waals surface area contributed by atoms with Crippen LogP contribution in [0.15, 0.2) is 11.6 Å². The van der Waals surface area contributed by atoms with Crippen LogP contribution in [-0.4, -0.2) is 77.4 Å². The first-order chi connectivity index (χ1) is 7.36. The summed E-state index contributed by atoms with van der Waals surface area (Å²) in [5, 5.41) is 0. The van der Waals surface area contributed by atoms with E-state index in [1.807, 2.05) is 57.0 Å². The van der Waals surface area contributed by atoms with Crippen molar-refractivity contribution in [3.05, 3.63) is 11.6 Å². The van der Waals surface area contributed by atoms with Gasteiger partial charge < -0.3 is 19.3 Å². The van der Waals surface area contributed by atoms with E-state index in [4.69, 9.17) is 9.47 Å². The lowest BCUT2D eigenvalue weighted by molar-refractivity contribution is -0.000349. The van der Waals surface area contributed by atoms with Crippen LogP contribution in [0.2, 0.25) is 0 Å². The largest absolute Gasteiger partial charge is 0.481 e.